The molecular weight excluding hydrogens is 492 g/mol. The Labute approximate surface area is 215 Å². The molecule has 3 aromatic carbocycles. The normalized spacial score (nSPS) is 12.9. The molecule has 0 aliphatic carbocycles. The van der Waals surface area contributed by atoms with Crippen LogP contribution in [0.3, 0.4) is 0 Å². The first-order valence-electron chi connectivity index (χ1n) is 11.5. The van der Waals surface area contributed by atoms with E-state index < -0.39 is 22.1 Å². The lowest BCUT2D eigenvalue weighted by Crippen LogP contribution is -2.23. The standard InChI is InChI=1S/C29H26O7S/c1-5-21-19(4)25-16-35-29(32)26(25)27(36-37(33,34)20-14-12-17(2)13-15-20)23(21)10-7-9-22-18(3)8-6-11-24(22)28(30)31/h5-9,11-15H,1,10,16H2,2-4H3,(H,30,31)/p-1/b9-7+. The molecular formula is C29H25O7S-. The van der Waals surface area contributed by atoms with Crippen molar-refractivity contribution in [1.82, 2.24) is 0 Å². The number of fused-ring (bicyclic) bond motifs is 1. The van der Waals surface area contributed by atoms with Crippen molar-refractivity contribution in [3.8, 4) is 5.75 Å². The van der Waals surface area contributed by atoms with E-state index in [0.29, 0.717) is 22.3 Å². The van der Waals surface area contributed by atoms with Gasteiger partial charge in [-0.25, -0.2) is 4.79 Å². The minimum absolute atomic E-state index is 0.00389. The maximum atomic E-state index is 13.2. The summed E-state index contributed by atoms with van der Waals surface area (Å²) < 4.78 is 37.3. The van der Waals surface area contributed by atoms with Crippen LogP contribution < -0.4 is 9.29 Å². The van der Waals surface area contributed by atoms with E-state index in [9.17, 15) is 23.1 Å². The first-order valence-corrected chi connectivity index (χ1v) is 12.9. The van der Waals surface area contributed by atoms with Crippen molar-refractivity contribution in [1.29, 1.82) is 0 Å². The minimum atomic E-state index is -4.29. The van der Waals surface area contributed by atoms with E-state index in [1.54, 1.807) is 56.3 Å². The zero-order valence-electron chi connectivity index (χ0n) is 20.7. The van der Waals surface area contributed by atoms with Crippen LogP contribution in [-0.4, -0.2) is 20.4 Å². The summed E-state index contributed by atoms with van der Waals surface area (Å²) in [4.78, 5) is 24.2. The number of carbonyl (C=O) groups is 2. The fraction of sp³-hybridized carbons (Fsp3) is 0.172. The summed E-state index contributed by atoms with van der Waals surface area (Å²) in [5, 5.41) is 11.6. The maximum absolute atomic E-state index is 13.2. The zero-order chi connectivity index (χ0) is 26.9. The molecule has 190 valence electrons. The van der Waals surface area contributed by atoms with Gasteiger partial charge in [-0.15, -0.1) is 0 Å². The number of hydrogen-bond donors (Lipinski definition) is 0. The molecule has 0 atom stereocenters. The summed E-state index contributed by atoms with van der Waals surface area (Å²) in [6.07, 6.45) is 5.02. The van der Waals surface area contributed by atoms with E-state index in [1.165, 1.54) is 18.2 Å². The van der Waals surface area contributed by atoms with Crippen LogP contribution in [-0.2, 0) is 27.9 Å². The molecule has 0 bridgehead atoms. The number of aromatic carboxylic acids is 1. The highest BCUT2D eigenvalue weighted by molar-refractivity contribution is 7.87. The van der Waals surface area contributed by atoms with Gasteiger partial charge in [-0.1, -0.05) is 60.7 Å². The second kappa shape index (κ2) is 10.1. The molecule has 0 N–H and O–H groups in total. The number of esters is 1. The third-order valence-corrected chi connectivity index (χ3v) is 7.63. The molecule has 0 radical (unpaired) electrons. The Morgan fingerprint density at radius 2 is 1.81 bits per heavy atom. The molecule has 0 amide bonds. The summed E-state index contributed by atoms with van der Waals surface area (Å²) in [7, 11) is -4.29. The lowest BCUT2D eigenvalue weighted by atomic mass is 9.90. The van der Waals surface area contributed by atoms with Crippen LogP contribution in [0.5, 0.6) is 5.75 Å². The van der Waals surface area contributed by atoms with Gasteiger partial charge in [0, 0.05) is 16.7 Å². The molecule has 1 aliphatic rings. The van der Waals surface area contributed by atoms with E-state index >= 15 is 0 Å². The molecule has 3 aromatic rings. The molecule has 8 heteroatoms. The van der Waals surface area contributed by atoms with Crippen LogP contribution in [0.15, 0.2) is 60.0 Å². The predicted octanol–water partition coefficient (Wildman–Crippen LogP) is 4.31. The largest absolute Gasteiger partial charge is 0.545 e. The minimum Gasteiger partial charge on any atom is -0.545 e. The molecule has 1 aliphatic heterocycles. The molecule has 1 heterocycles. The summed E-state index contributed by atoms with van der Waals surface area (Å²) in [5.41, 5.74) is 4.47. The zero-order valence-corrected chi connectivity index (χ0v) is 21.5. The highest BCUT2D eigenvalue weighted by Crippen LogP contribution is 2.40. The topological polar surface area (TPSA) is 110 Å². The lowest BCUT2D eigenvalue weighted by Gasteiger charge is -2.18. The van der Waals surface area contributed by atoms with E-state index in [0.717, 1.165) is 16.7 Å². The average molecular weight is 518 g/mol. The summed E-state index contributed by atoms with van der Waals surface area (Å²) in [6.45, 7) is 9.29. The van der Waals surface area contributed by atoms with Gasteiger partial charge >= 0.3 is 16.1 Å². The van der Waals surface area contributed by atoms with Crippen molar-refractivity contribution in [3.05, 3.63) is 105 Å². The molecule has 0 fully saturated rings. The van der Waals surface area contributed by atoms with Gasteiger partial charge in [0.05, 0.1) is 5.97 Å². The van der Waals surface area contributed by atoms with Gasteiger partial charge in [-0.3, -0.25) is 0 Å². The summed E-state index contributed by atoms with van der Waals surface area (Å²) >= 11 is 0. The molecule has 0 unspecified atom stereocenters. The second-order valence-corrected chi connectivity index (χ2v) is 10.3. The Kier molecular flexibility index (Phi) is 7.05. The van der Waals surface area contributed by atoms with Crippen LogP contribution in [0.4, 0.5) is 0 Å². The smallest absolute Gasteiger partial charge is 0.342 e. The Morgan fingerprint density at radius 3 is 2.46 bits per heavy atom. The van der Waals surface area contributed by atoms with Gasteiger partial charge in [-0.2, -0.15) is 8.42 Å². The van der Waals surface area contributed by atoms with Crippen molar-refractivity contribution in [2.45, 2.75) is 38.7 Å². The van der Waals surface area contributed by atoms with E-state index in [4.69, 9.17) is 8.92 Å². The number of rotatable bonds is 8. The van der Waals surface area contributed by atoms with Crippen molar-refractivity contribution in [2.75, 3.05) is 0 Å². The third kappa shape index (κ3) is 4.93. The summed E-state index contributed by atoms with van der Waals surface area (Å²) in [5.74, 6) is -2.10. The van der Waals surface area contributed by atoms with Gasteiger partial charge in [0.1, 0.15) is 17.1 Å². The molecule has 37 heavy (non-hydrogen) atoms. The number of ether oxygens (including phenoxy) is 1. The lowest BCUT2D eigenvalue weighted by molar-refractivity contribution is -0.255. The maximum Gasteiger partial charge on any atom is 0.342 e. The number of benzene rings is 3. The fourth-order valence-corrected chi connectivity index (χ4v) is 5.37. The molecule has 4 rings (SSSR count). The Bertz CT molecular complexity index is 1560. The van der Waals surface area contributed by atoms with Gasteiger partial charge in [0.25, 0.3) is 0 Å². The van der Waals surface area contributed by atoms with E-state index in [1.807, 2.05) is 6.92 Å². The number of cyclic esters (lactones) is 1. The van der Waals surface area contributed by atoms with Crippen molar-refractivity contribution < 1.29 is 32.0 Å². The first kappa shape index (κ1) is 25.9. The number of carboxylic acids is 1. The molecule has 0 aromatic heterocycles. The second-order valence-electron chi connectivity index (χ2n) is 8.76. The first-order chi connectivity index (χ1) is 17.5. The van der Waals surface area contributed by atoms with Gasteiger partial charge in [0.15, 0.2) is 5.75 Å². The van der Waals surface area contributed by atoms with Gasteiger partial charge < -0.3 is 18.8 Å². The van der Waals surface area contributed by atoms with E-state index in [2.05, 4.69) is 6.58 Å². The van der Waals surface area contributed by atoms with Crippen molar-refractivity contribution >= 4 is 34.2 Å². The number of carbonyl (C=O) groups excluding carboxylic acids is 2. The van der Waals surface area contributed by atoms with Crippen LogP contribution >= 0.6 is 0 Å². The predicted molar refractivity (Wildman–Crippen MR) is 138 cm³/mol. The molecule has 0 saturated carbocycles. The third-order valence-electron chi connectivity index (χ3n) is 6.39. The Balaban J connectivity index is 1.86. The van der Waals surface area contributed by atoms with E-state index in [-0.39, 0.29) is 34.8 Å². The molecule has 7 nitrogen and oxygen atoms in total. The number of carboxylic acid groups (broad SMARTS) is 1. The number of allylic oxidation sites excluding steroid dienone is 1. The fourth-order valence-electron chi connectivity index (χ4n) is 4.40. The van der Waals surface area contributed by atoms with Crippen LogP contribution in [0.25, 0.3) is 12.2 Å². The monoisotopic (exact) mass is 517 g/mol. The van der Waals surface area contributed by atoms with Crippen molar-refractivity contribution in [3.63, 3.8) is 0 Å². The van der Waals surface area contributed by atoms with Crippen molar-refractivity contribution in [2.24, 2.45) is 0 Å². The number of aryl methyl sites for hydroxylation is 2. The molecule has 0 spiro atoms. The molecule has 0 saturated heterocycles. The highest BCUT2D eigenvalue weighted by Gasteiger charge is 2.34. The Morgan fingerprint density at radius 1 is 1.11 bits per heavy atom. The van der Waals surface area contributed by atoms with Crippen LogP contribution in [0, 0.1) is 20.8 Å². The van der Waals surface area contributed by atoms with Crippen LogP contribution in [0.1, 0.15) is 59.7 Å². The van der Waals surface area contributed by atoms with Crippen LogP contribution in [0.2, 0.25) is 0 Å². The summed E-state index contributed by atoms with van der Waals surface area (Å²) in [6, 6.07) is 11.0. The SMILES string of the molecule is C=Cc1c(C)c2c(c(OS(=O)(=O)c3ccc(C)cc3)c1C/C=C/c1c(C)cccc1C(=O)[O-])C(=O)OC2. The Hall–Kier alpha value is -4.17. The number of hydrogen-bond acceptors (Lipinski definition) is 7. The van der Waals surface area contributed by atoms with Gasteiger partial charge in [0.2, 0.25) is 0 Å². The average Bonchev–Trinajstić information content (AvgIpc) is 3.24. The quantitative estimate of drug-likeness (QED) is 0.323. The highest BCUT2D eigenvalue weighted by atomic mass is 32.2. The van der Waals surface area contributed by atoms with Gasteiger partial charge in [-0.05, 0) is 61.6 Å².